The van der Waals surface area contributed by atoms with Crippen LogP contribution in [0.2, 0.25) is 0 Å². The van der Waals surface area contributed by atoms with Crippen LogP contribution in [0.15, 0.2) is 12.1 Å². The lowest BCUT2D eigenvalue weighted by molar-refractivity contribution is -0.0507. The number of nitrogens with zero attached hydrogens (tertiary/aromatic N) is 1. The maximum atomic E-state index is 12.3. The molecule has 1 aliphatic heterocycles. The Hall–Kier alpha value is -1.70. The summed E-state index contributed by atoms with van der Waals surface area (Å²) >= 11 is 0. The maximum Gasteiger partial charge on any atom is 0.387 e. The van der Waals surface area contributed by atoms with Crippen LogP contribution in [0.1, 0.15) is 27.9 Å². The van der Waals surface area contributed by atoms with Crippen molar-refractivity contribution in [1.29, 1.82) is 0 Å². The number of aryl methyl sites for hydroxylation is 2. The fourth-order valence-corrected chi connectivity index (χ4v) is 3.84. The summed E-state index contributed by atoms with van der Waals surface area (Å²) in [6.45, 7) is 0.247. The summed E-state index contributed by atoms with van der Waals surface area (Å²) in [5.74, 6) is -0.684. The molecule has 2 rings (SSSR count). The molecule has 5 nitrogen and oxygen atoms in total. The number of carbonyl (C=O) groups excluding carboxylic acids is 1. The summed E-state index contributed by atoms with van der Waals surface area (Å²) in [6, 6.07) is 2.72. The number of ether oxygens (including phenoxy) is 1. The van der Waals surface area contributed by atoms with Gasteiger partial charge in [0.05, 0.1) is 5.75 Å². The minimum atomic E-state index is -3.56. The van der Waals surface area contributed by atoms with Gasteiger partial charge in [0.2, 0.25) is 10.0 Å². The van der Waals surface area contributed by atoms with E-state index in [1.165, 1.54) is 26.0 Å². The Labute approximate surface area is 121 Å². The van der Waals surface area contributed by atoms with E-state index >= 15 is 0 Å². The van der Waals surface area contributed by atoms with Gasteiger partial charge in [-0.1, -0.05) is 0 Å². The number of amides is 1. The Kier molecular flexibility index (Phi) is 4.18. The summed E-state index contributed by atoms with van der Waals surface area (Å²) in [7, 11) is -3.56. The monoisotopic (exact) mass is 319 g/mol. The first kappa shape index (κ1) is 15.7. The number of halogens is 2. The summed E-state index contributed by atoms with van der Waals surface area (Å²) in [5.41, 5.74) is 0.864. The SMILES string of the molecule is Cc1cc(C(=O)N2CCCS2(=O)=O)cc(C)c1OC(F)F. The van der Waals surface area contributed by atoms with Crippen molar-refractivity contribution < 1.29 is 26.7 Å². The minimum Gasteiger partial charge on any atom is -0.434 e. The van der Waals surface area contributed by atoms with Crippen molar-refractivity contribution >= 4 is 15.9 Å². The molecule has 0 aromatic heterocycles. The number of hydrogen-bond donors (Lipinski definition) is 0. The predicted molar refractivity (Wildman–Crippen MR) is 72.0 cm³/mol. The van der Waals surface area contributed by atoms with E-state index in [9.17, 15) is 22.0 Å². The number of benzene rings is 1. The molecule has 0 N–H and O–H groups in total. The van der Waals surface area contributed by atoms with Gasteiger partial charge in [0.1, 0.15) is 5.75 Å². The molecular formula is C13H15F2NO4S. The highest BCUT2D eigenvalue weighted by Gasteiger charge is 2.33. The second-order valence-corrected chi connectivity index (χ2v) is 6.88. The van der Waals surface area contributed by atoms with Gasteiger partial charge >= 0.3 is 6.61 Å². The molecule has 0 unspecified atom stereocenters. The summed E-state index contributed by atoms with van der Waals surface area (Å²) in [5, 5.41) is 0. The van der Waals surface area contributed by atoms with Gasteiger partial charge in [-0.05, 0) is 43.5 Å². The van der Waals surface area contributed by atoms with Gasteiger partial charge in [-0.3, -0.25) is 4.79 Å². The maximum absolute atomic E-state index is 12.3. The topological polar surface area (TPSA) is 63.7 Å². The van der Waals surface area contributed by atoms with Crippen LogP contribution >= 0.6 is 0 Å². The van der Waals surface area contributed by atoms with Crippen LogP contribution in [-0.2, 0) is 10.0 Å². The lowest BCUT2D eigenvalue weighted by atomic mass is 10.1. The molecule has 1 saturated heterocycles. The van der Waals surface area contributed by atoms with Crippen LogP contribution in [0.5, 0.6) is 5.75 Å². The zero-order valence-electron chi connectivity index (χ0n) is 11.6. The summed E-state index contributed by atoms with van der Waals surface area (Å²) in [6.07, 6.45) is 0.401. The normalized spacial score (nSPS) is 17.3. The lowest BCUT2D eigenvalue weighted by Crippen LogP contribution is -2.32. The van der Waals surface area contributed by atoms with E-state index in [0.29, 0.717) is 17.5 Å². The van der Waals surface area contributed by atoms with Crippen molar-refractivity contribution in [3.8, 4) is 5.75 Å². The van der Waals surface area contributed by atoms with Crippen LogP contribution in [-0.4, -0.2) is 37.5 Å². The molecule has 0 spiro atoms. The molecule has 0 radical (unpaired) electrons. The van der Waals surface area contributed by atoms with Crippen molar-refractivity contribution in [3.63, 3.8) is 0 Å². The molecule has 116 valence electrons. The zero-order chi connectivity index (χ0) is 15.8. The molecule has 1 aliphatic rings. The van der Waals surface area contributed by atoms with Gasteiger partial charge in [-0.25, -0.2) is 12.7 Å². The Morgan fingerprint density at radius 3 is 2.29 bits per heavy atom. The Bertz CT molecular complexity index is 650. The first-order valence-corrected chi connectivity index (χ1v) is 7.94. The highest BCUT2D eigenvalue weighted by Crippen LogP contribution is 2.28. The largest absolute Gasteiger partial charge is 0.434 e. The predicted octanol–water partition coefficient (Wildman–Crippen LogP) is 2.08. The second-order valence-electron chi connectivity index (χ2n) is 4.86. The molecule has 1 amide bonds. The van der Waals surface area contributed by atoms with Gasteiger partial charge in [0, 0.05) is 12.1 Å². The van der Waals surface area contributed by atoms with Crippen molar-refractivity contribution in [2.75, 3.05) is 12.3 Å². The average Bonchev–Trinajstić information content (AvgIpc) is 2.72. The highest BCUT2D eigenvalue weighted by molar-refractivity contribution is 7.89. The third-order valence-electron chi connectivity index (χ3n) is 3.24. The van der Waals surface area contributed by atoms with E-state index in [1.54, 1.807) is 0 Å². The van der Waals surface area contributed by atoms with Gasteiger partial charge in [0.15, 0.2) is 0 Å². The number of carbonyl (C=O) groups is 1. The van der Waals surface area contributed by atoms with E-state index in [-0.39, 0.29) is 23.6 Å². The quantitative estimate of drug-likeness (QED) is 0.856. The zero-order valence-corrected chi connectivity index (χ0v) is 12.4. The minimum absolute atomic E-state index is 0.00540. The molecule has 0 aliphatic carbocycles. The van der Waals surface area contributed by atoms with Gasteiger partial charge < -0.3 is 4.74 Å². The molecule has 1 aromatic rings. The summed E-state index contributed by atoms with van der Waals surface area (Å²) < 4.78 is 53.3. The molecule has 21 heavy (non-hydrogen) atoms. The van der Waals surface area contributed by atoms with Crippen LogP contribution in [0.3, 0.4) is 0 Å². The number of sulfonamides is 1. The van der Waals surface area contributed by atoms with Gasteiger partial charge in [0.25, 0.3) is 5.91 Å². The number of alkyl halides is 2. The van der Waals surface area contributed by atoms with Gasteiger partial charge in [-0.15, -0.1) is 0 Å². The first-order valence-electron chi connectivity index (χ1n) is 6.33. The molecule has 1 heterocycles. The Balaban J connectivity index is 2.36. The number of hydrogen-bond acceptors (Lipinski definition) is 4. The van der Waals surface area contributed by atoms with E-state index in [0.717, 1.165) is 4.31 Å². The van der Waals surface area contributed by atoms with Crippen LogP contribution in [0, 0.1) is 13.8 Å². The smallest absolute Gasteiger partial charge is 0.387 e. The third-order valence-corrected chi connectivity index (χ3v) is 5.06. The fraction of sp³-hybridized carbons (Fsp3) is 0.462. The van der Waals surface area contributed by atoms with Crippen molar-refractivity contribution in [2.45, 2.75) is 26.9 Å². The van der Waals surface area contributed by atoms with E-state index in [4.69, 9.17) is 0 Å². The van der Waals surface area contributed by atoms with E-state index in [1.807, 2.05) is 0 Å². The standard InChI is InChI=1S/C13H15F2NO4S/c1-8-6-10(7-9(2)11(8)20-13(14)15)12(17)16-4-3-5-21(16,18)19/h6-7,13H,3-5H2,1-2H3. The molecule has 0 bridgehead atoms. The molecule has 8 heteroatoms. The van der Waals surface area contributed by atoms with E-state index < -0.39 is 22.5 Å². The summed E-state index contributed by atoms with van der Waals surface area (Å²) in [4.78, 5) is 12.3. The fourth-order valence-electron chi connectivity index (χ4n) is 2.36. The van der Waals surface area contributed by atoms with Gasteiger partial charge in [-0.2, -0.15) is 8.78 Å². The average molecular weight is 319 g/mol. The van der Waals surface area contributed by atoms with Crippen molar-refractivity contribution in [2.24, 2.45) is 0 Å². The number of rotatable bonds is 3. The van der Waals surface area contributed by atoms with Crippen LogP contribution in [0.25, 0.3) is 0 Å². The van der Waals surface area contributed by atoms with Crippen LogP contribution < -0.4 is 4.74 Å². The van der Waals surface area contributed by atoms with E-state index in [2.05, 4.69) is 4.74 Å². The Morgan fingerprint density at radius 2 is 1.86 bits per heavy atom. The molecule has 1 aromatic carbocycles. The van der Waals surface area contributed by atoms with Crippen molar-refractivity contribution in [1.82, 2.24) is 4.31 Å². The molecule has 1 fully saturated rings. The second kappa shape index (κ2) is 5.59. The third kappa shape index (κ3) is 3.15. The molecule has 0 saturated carbocycles. The molecular weight excluding hydrogens is 304 g/mol. The molecule has 0 atom stereocenters. The highest BCUT2D eigenvalue weighted by atomic mass is 32.2. The van der Waals surface area contributed by atoms with Crippen LogP contribution in [0.4, 0.5) is 8.78 Å². The van der Waals surface area contributed by atoms with Crippen molar-refractivity contribution in [3.05, 3.63) is 28.8 Å². The lowest BCUT2D eigenvalue weighted by Gasteiger charge is -2.17. The first-order chi connectivity index (χ1) is 9.72. The Morgan fingerprint density at radius 1 is 1.29 bits per heavy atom.